The normalized spacial score (nSPS) is 10.4. The number of hydrogen-bond donors (Lipinski definition) is 1. The van der Waals surface area contributed by atoms with Gasteiger partial charge in [-0.25, -0.2) is 9.37 Å². The maximum atomic E-state index is 13.5. The van der Waals surface area contributed by atoms with Gasteiger partial charge in [-0.3, -0.25) is 0 Å². The Morgan fingerprint density at radius 2 is 2.06 bits per heavy atom. The summed E-state index contributed by atoms with van der Waals surface area (Å²) in [6.07, 6.45) is 1.53. The predicted octanol–water partition coefficient (Wildman–Crippen LogP) is 3.61. The number of nitrogens with zero attached hydrogens (tertiary/aromatic N) is 1. The second-order valence-corrected chi connectivity index (χ2v) is 4.61. The summed E-state index contributed by atoms with van der Waals surface area (Å²) >= 11 is 6.94. The van der Waals surface area contributed by atoms with Crippen molar-refractivity contribution in [3.05, 3.63) is 47.4 Å². The van der Waals surface area contributed by atoms with Crippen molar-refractivity contribution in [2.75, 3.05) is 5.73 Å². The second-order valence-electron chi connectivity index (χ2n) is 3.11. The van der Waals surface area contributed by atoms with Gasteiger partial charge >= 0.3 is 0 Å². The zero-order valence-corrected chi connectivity index (χ0v) is 9.73. The molecule has 0 aliphatic heterocycles. The lowest BCUT2D eigenvalue weighted by molar-refractivity contribution is 0.602. The Morgan fingerprint density at radius 1 is 1.25 bits per heavy atom. The Hall–Kier alpha value is -1.26. The molecular weight excluding hydrogens is 247 g/mol. The number of pyridine rings is 1. The summed E-state index contributed by atoms with van der Waals surface area (Å²) < 4.78 is 13.5. The fourth-order valence-electron chi connectivity index (χ4n) is 1.14. The molecule has 16 heavy (non-hydrogen) atoms. The van der Waals surface area contributed by atoms with Gasteiger partial charge in [-0.1, -0.05) is 23.4 Å². The Morgan fingerprint density at radius 3 is 2.69 bits per heavy atom. The minimum absolute atomic E-state index is 0.346. The van der Waals surface area contributed by atoms with Crippen molar-refractivity contribution >= 4 is 29.1 Å². The molecule has 0 atom stereocenters. The second kappa shape index (κ2) is 4.72. The molecule has 0 bridgehead atoms. The molecule has 0 aliphatic carbocycles. The molecule has 0 fully saturated rings. The van der Waals surface area contributed by atoms with Gasteiger partial charge in [0.05, 0.1) is 5.02 Å². The van der Waals surface area contributed by atoms with Gasteiger partial charge in [0, 0.05) is 16.8 Å². The van der Waals surface area contributed by atoms with E-state index in [1.54, 1.807) is 24.3 Å². The number of nitrogens with two attached hydrogens (primary N) is 1. The highest BCUT2D eigenvalue weighted by molar-refractivity contribution is 7.99. The van der Waals surface area contributed by atoms with E-state index >= 15 is 0 Å². The fraction of sp³-hybridized carbons (Fsp3) is 0. The van der Waals surface area contributed by atoms with E-state index in [9.17, 15) is 4.39 Å². The van der Waals surface area contributed by atoms with Crippen LogP contribution in [0, 0.1) is 5.82 Å². The molecule has 2 N–H and O–H groups in total. The summed E-state index contributed by atoms with van der Waals surface area (Å²) in [6, 6.07) is 8.03. The van der Waals surface area contributed by atoms with E-state index in [4.69, 9.17) is 17.3 Å². The highest BCUT2D eigenvalue weighted by Gasteiger charge is 2.05. The maximum Gasteiger partial charge on any atom is 0.139 e. The highest BCUT2D eigenvalue weighted by atomic mass is 35.5. The van der Waals surface area contributed by atoms with Crippen LogP contribution in [0.2, 0.25) is 5.02 Å². The number of benzene rings is 1. The molecule has 1 heterocycles. The molecule has 2 nitrogen and oxygen atoms in total. The van der Waals surface area contributed by atoms with Crippen molar-refractivity contribution in [2.45, 2.75) is 9.92 Å². The summed E-state index contributed by atoms with van der Waals surface area (Å²) in [5.74, 6) is -0.346. The third-order valence-corrected chi connectivity index (χ3v) is 3.10. The van der Waals surface area contributed by atoms with Gasteiger partial charge < -0.3 is 5.73 Å². The van der Waals surface area contributed by atoms with Crippen molar-refractivity contribution in [1.82, 2.24) is 4.98 Å². The lowest BCUT2D eigenvalue weighted by Gasteiger charge is -2.03. The molecule has 1 aromatic carbocycles. The highest BCUT2D eigenvalue weighted by Crippen LogP contribution is 2.29. The van der Waals surface area contributed by atoms with E-state index in [0.717, 1.165) is 0 Å². The third kappa shape index (κ3) is 2.65. The smallest absolute Gasteiger partial charge is 0.139 e. The van der Waals surface area contributed by atoms with Gasteiger partial charge in [0.1, 0.15) is 10.8 Å². The molecule has 0 saturated carbocycles. The van der Waals surface area contributed by atoms with Crippen molar-refractivity contribution in [1.29, 1.82) is 0 Å². The Kier molecular flexibility index (Phi) is 3.31. The maximum absolute atomic E-state index is 13.5. The van der Waals surface area contributed by atoms with E-state index in [1.165, 1.54) is 24.0 Å². The van der Waals surface area contributed by atoms with Crippen LogP contribution in [0.1, 0.15) is 0 Å². The average Bonchev–Trinajstić information content (AvgIpc) is 2.25. The minimum Gasteiger partial charge on any atom is -0.399 e. The number of aromatic nitrogens is 1. The Labute approximate surface area is 102 Å². The molecule has 2 aromatic rings. The van der Waals surface area contributed by atoms with Crippen molar-refractivity contribution < 1.29 is 4.39 Å². The number of hydrogen-bond acceptors (Lipinski definition) is 3. The van der Waals surface area contributed by atoms with E-state index < -0.39 is 0 Å². The molecule has 0 radical (unpaired) electrons. The summed E-state index contributed by atoms with van der Waals surface area (Å²) in [5, 5.41) is 1.25. The van der Waals surface area contributed by atoms with Crippen molar-refractivity contribution in [3.8, 4) is 0 Å². The van der Waals surface area contributed by atoms with Gasteiger partial charge in [0.25, 0.3) is 0 Å². The van der Waals surface area contributed by atoms with Gasteiger partial charge in [0.2, 0.25) is 0 Å². The molecule has 2 rings (SSSR count). The molecule has 5 heteroatoms. The molecule has 0 aliphatic rings. The summed E-state index contributed by atoms with van der Waals surface area (Å²) in [4.78, 5) is 4.56. The summed E-state index contributed by atoms with van der Waals surface area (Å²) in [5.41, 5.74) is 5.87. The molecule has 0 spiro atoms. The first kappa shape index (κ1) is 11.2. The van der Waals surface area contributed by atoms with Crippen LogP contribution in [0.3, 0.4) is 0 Å². The molecule has 82 valence electrons. The summed E-state index contributed by atoms with van der Waals surface area (Å²) in [6.45, 7) is 0. The number of halogens is 2. The Bertz CT molecular complexity index is 502. The van der Waals surface area contributed by atoms with Gasteiger partial charge in [-0.05, 0) is 30.3 Å². The lowest BCUT2D eigenvalue weighted by atomic mass is 10.3. The summed E-state index contributed by atoms with van der Waals surface area (Å²) in [7, 11) is 0. The molecule has 0 amide bonds. The topological polar surface area (TPSA) is 38.9 Å². The van der Waals surface area contributed by atoms with Crippen LogP contribution < -0.4 is 5.73 Å². The molecule has 1 aromatic heterocycles. The Balaban J connectivity index is 2.23. The van der Waals surface area contributed by atoms with Crippen LogP contribution in [-0.4, -0.2) is 4.98 Å². The van der Waals surface area contributed by atoms with Crippen LogP contribution in [0.25, 0.3) is 0 Å². The van der Waals surface area contributed by atoms with Gasteiger partial charge in [-0.2, -0.15) is 0 Å². The first-order valence-corrected chi connectivity index (χ1v) is 5.69. The van der Waals surface area contributed by atoms with Crippen LogP contribution in [-0.2, 0) is 0 Å². The van der Waals surface area contributed by atoms with E-state index in [0.29, 0.717) is 20.6 Å². The van der Waals surface area contributed by atoms with Crippen LogP contribution in [0.15, 0.2) is 46.5 Å². The zero-order valence-electron chi connectivity index (χ0n) is 8.15. The predicted molar refractivity (Wildman–Crippen MR) is 64.2 cm³/mol. The number of rotatable bonds is 2. The SMILES string of the molecule is Nc1ccc(Sc2ccc(Cl)cn2)c(F)c1. The minimum atomic E-state index is -0.346. The average molecular weight is 255 g/mol. The van der Waals surface area contributed by atoms with Crippen LogP contribution >= 0.6 is 23.4 Å². The third-order valence-electron chi connectivity index (χ3n) is 1.87. The molecular formula is C11H8ClFN2S. The van der Waals surface area contributed by atoms with Crippen LogP contribution in [0.5, 0.6) is 0 Å². The van der Waals surface area contributed by atoms with E-state index in [2.05, 4.69) is 4.98 Å². The van der Waals surface area contributed by atoms with Crippen molar-refractivity contribution in [2.24, 2.45) is 0 Å². The number of anilines is 1. The van der Waals surface area contributed by atoms with Crippen LogP contribution in [0.4, 0.5) is 10.1 Å². The van der Waals surface area contributed by atoms with E-state index in [1.807, 2.05) is 0 Å². The van der Waals surface area contributed by atoms with Gasteiger partial charge in [0.15, 0.2) is 0 Å². The van der Waals surface area contributed by atoms with Gasteiger partial charge in [-0.15, -0.1) is 0 Å². The first-order valence-electron chi connectivity index (χ1n) is 4.49. The largest absolute Gasteiger partial charge is 0.399 e. The fourth-order valence-corrected chi connectivity index (χ4v) is 2.01. The molecule has 0 saturated heterocycles. The van der Waals surface area contributed by atoms with Crippen molar-refractivity contribution in [3.63, 3.8) is 0 Å². The standard InChI is InChI=1S/C11H8ClFN2S/c12-7-1-4-11(15-6-7)16-10-3-2-8(14)5-9(10)13/h1-6H,14H2. The molecule has 0 unspecified atom stereocenters. The van der Waals surface area contributed by atoms with E-state index in [-0.39, 0.29) is 5.82 Å². The number of nitrogen functional groups attached to an aromatic ring is 1. The monoisotopic (exact) mass is 254 g/mol. The quantitative estimate of drug-likeness (QED) is 0.832. The lowest BCUT2D eigenvalue weighted by Crippen LogP contribution is -1.88. The zero-order chi connectivity index (χ0) is 11.5. The first-order chi connectivity index (χ1) is 7.65.